The Balaban J connectivity index is 2.04. The zero-order chi connectivity index (χ0) is 13.0. The molecule has 0 bridgehead atoms. The van der Waals surface area contributed by atoms with E-state index in [-0.39, 0.29) is 6.04 Å². The Hall–Kier alpha value is -0.510. The quantitative estimate of drug-likeness (QED) is 0.888. The molecule has 3 nitrogen and oxygen atoms in total. The van der Waals surface area contributed by atoms with Crippen LogP contribution in [0.2, 0.25) is 10.0 Å². The summed E-state index contributed by atoms with van der Waals surface area (Å²) in [5.41, 5.74) is 5.87. The fourth-order valence-corrected chi connectivity index (χ4v) is 3.04. The molecule has 1 heterocycles. The lowest BCUT2D eigenvalue weighted by Gasteiger charge is -2.30. The highest BCUT2D eigenvalue weighted by molar-refractivity contribution is 6.35. The van der Waals surface area contributed by atoms with Crippen molar-refractivity contribution < 1.29 is 0 Å². The summed E-state index contributed by atoms with van der Waals surface area (Å²) in [6.45, 7) is 0.602. The van der Waals surface area contributed by atoms with E-state index in [1.807, 2.05) is 0 Å². The molecule has 0 radical (unpaired) electrons. The first kappa shape index (κ1) is 13.9. The Kier molecular flexibility index (Phi) is 5.10. The number of nitrogens with zero attached hydrogens (tertiary/aromatic N) is 1. The van der Waals surface area contributed by atoms with Crippen LogP contribution in [0.3, 0.4) is 0 Å². The number of halogens is 2. The molecule has 0 aromatic carbocycles. The van der Waals surface area contributed by atoms with Crippen LogP contribution in [0.25, 0.3) is 0 Å². The molecule has 1 aromatic rings. The second-order valence-electron chi connectivity index (χ2n) is 4.87. The number of hydrogen-bond donors (Lipinski definition) is 2. The monoisotopic (exact) mass is 287 g/mol. The van der Waals surface area contributed by atoms with Gasteiger partial charge in [0.15, 0.2) is 0 Å². The van der Waals surface area contributed by atoms with Crippen molar-refractivity contribution in [2.24, 2.45) is 11.7 Å². The summed E-state index contributed by atoms with van der Waals surface area (Å²) >= 11 is 12.0. The van der Waals surface area contributed by atoms with E-state index in [0.29, 0.717) is 28.3 Å². The maximum Gasteiger partial charge on any atom is 0.145 e. The first-order valence-corrected chi connectivity index (χ1v) is 7.24. The van der Waals surface area contributed by atoms with E-state index in [2.05, 4.69) is 10.3 Å². The summed E-state index contributed by atoms with van der Waals surface area (Å²) in [7, 11) is 0. The van der Waals surface area contributed by atoms with E-state index in [0.717, 1.165) is 0 Å². The van der Waals surface area contributed by atoms with Gasteiger partial charge in [-0.3, -0.25) is 0 Å². The van der Waals surface area contributed by atoms with Crippen LogP contribution in [0.1, 0.15) is 32.1 Å². The maximum absolute atomic E-state index is 6.12. The predicted molar refractivity (Wildman–Crippen MR) is 77.3 cm³/mol. The SMILES string of the molecule is NCC(Nc1ncc(Cl)cc1Cl)C1CCCCC1. The minimum absolute atomic E-state index is 0.247. The Labute approximate surface area is 118 Å². The zero-order valence-electron chi connectivity index (χ0n) is 10.3. The van der Waals surface area contributed by atoms with E-state index >= 15 is 0 Å². The van der Waals surface area contributed by atoms with Crippen molar-refractivity contribution in [1.82, 2.24) is 4.98 Å². The van der Waals surface area contributed by atoms with Crippen LogP contribution in [0, 0.1) is 5.92 Å². The largest absolute Gasteiger partial charge is 0.365 e. The second kappa shape index (κ2) is 6.60. The van der Waals surface area contributed by atoms with E-state index in [4.69, 9.17) is 28.9 Å². The third-order valence-electron chi connectivity index (χ3n) is 3.60. The standard InChI is InChI=1S/C13H19Cl2N3/c14-10-6-11(15)13(17-8-10)18-12(7-16)9-4-2-1-3-5-9/h6,8-9,12H,1-5,7,16H2,(H,17,18). The van der Waals surface area contributed by atoms with Gasteiger partial charge >= 0.3 is 0 Å². The van der Waals surface area contributed by atoms with Crippen LogP contribution in [-0.2, 0) is 0 Å². The average Bonchev–Trinajstić information content (AvgIpc) is 2.39. The highest BCUT2D eigenvalue weighted by Crippen LogP contribution is 2.29. The number of aromatic nitrogens is 1. The molecule has 3 N–H and O–H groups in total. The van der Waals surface area contributed by atoms with E-state index in [9.17, 15) is 0 Å². The molecule has 0 spiro atoms. The van der Waals surface area contributed by atoms with Gasteiger partial charge < -0.3 is 11.1 Å². The number of hydrogen-bond acceptors (Lipinski definition) is 3. The van der Waals surface area contributed by atoms with Gasteiger partial charge in [-0.1, -0.05) is 42.5 Å². The van der Waals surface area contributed by atoms with Crippen molar-refractivity contribution in [3.05, 3.63) is 22.3 Å². The van der Waals surface area contributed by atoms with Gasteiger partial charge in [0.05, 0.1) is 10.0 Å². The number of nitrogens with one attached hydrogen (secondary N) is 1. The lowest BCUT2D eigenvalue weighted by Crippen LogP contribution is -2.37. The van der Waals surface area contributed by atoms with Crippen LogP contribution in [0.4, 0.5) is 5.82 Å². The number of pyridine rings is 1. The Morgan fingerprint density at radius 3 is 2.67 bits per heavy atom. The molecule has 1 aliphatic carbocycles. The van der Waals surface area contributed by atoms with Gasteiger partial charge in [0, 0.05) is 18.8 Å². The molecule has 1 saturated carbocycles. The van der Waals surface area contributed by atoms with Crippen molar-refractivity contribution >= 4 is 29.0 Å². The molecule has 1 atom stereocenters. The summed E-state index contributed by atoms with van der Waals surface area (Å²) in [4.78, 5) is 4.23. The smallest absolute Gasteiger partial charge is 0.145 e. The molecule has 1 unspecified atom stereocenters. The predicted octanol–water partition coefficient (Wildman–Crippen LogP) is 3.71. The summed E-state index contributed by atoms with van der Waals surface area (Å²) in [6, 6.07) is 1.95. The van der Waals surface area contributed by atoms with E-state index < -0.39 is 0 Å². The molecule has 0 saturated heterocycles. The summed E-state index contributed by atoms with van der Waals surface area (Å²) < 4.78 is 0. The molecule has 1 aromatic heterocycles. The van der Waals surface area contributed by atoms with Crippen LogP contribution < -0.4 is 11.1 Å². The van der Waals surface area contributed by atoms with Gasteiger partial charge in [-0.15, -0.1) is 0 Å². The minimum atomic E-state index is 0.247. The zero-order valence-corrected chi connectivity index (χ0v) is 11.8. The molecule has 100 valence electrons. The fourth-order valence-electron chi connectivity index (χ4n) is 2.60. The normalized spacial score (nSPS) is 18.6. The highest BCUT2D eigenvalue weighted by Gasteiger charge is 2.23. The fraction of sp³-hybridized carbons (Fsp3) is 0.615. The lowest BCUT2D eigenvalue weighted by molar-refractivity contribution is 0.320. The van der Waals surface area contributed by atoms with Crippen LogP contribution in [-0.4, -0.2) is 17.6 Å². The number of nitrogens with two attached hydrogens (primary N) is 1. The third kappa shape index (κ3) is 3.50. The molecule has 5 heteroatoms. The first-order chi connectivity index (χ1) is 8.70. The van der Waals surface area contributed by atoms with Gasteiger partial charge in [-0.2, -0.15) is 0 Å². The van der Waals surface area contributed by atoms with Crippen LogP contribution in [0.5, 0.6) is 0 Å². The molecule has 1 aliphatic rings. The second-order valence-corrected chi connectivity index (χ2v) is 5.71. The Bertz CT molecular complexity index is 392. The molecule has 0 aliphatic heterocycles. The van der Waals surface area contributed by atoms with Crippen LogP contribution >= 0.6 is 23.2 Å². The summed E-state index contributed by atoms with van der Waals surface area (Å²) in [5.74, 6) is 1.30. The molecular weight excluding hydrogens is 269 g/mol. The molecule has 1 fully saturated rings. The van der Waals surface area contributed by atoms with Gasteiger partial charge in [0.25, 0.3) is 0 Å². The Morgan fingerprint density at radius 2 is 2.06 bits per heavy atom. The van der Waals surface area contributed by atoms with Crippen molar-refractivity contribution in [2.45, 2.75) is 38.1 Å². The number of anilines is 1. The number of rotatable bonds is 4. The minimum Gasteiger partial charge on any atom is -0.365 e. The molecular formula is C13H19Cl2N3. The van der Waals surface area contributed by atoms with Crippen molar-refractivity contribution in [1.29, 1.82) is 0 Å². The highest BCUT2D eigenvalue weighted by atomic mass is 35.5. The van der Waals surface area contributed by atoms with Gasteiger partial charge in [-0.05, 0) is 24.8 Å². The lowest BCUT2D eigenvalue weighted by atomic mass is 9.84. The van der Waals surface area contributed by atoms with E-state index in [1.54, 1.807) is 12.3 Å². The first-order valence-electron chi connectivity index (χ1n) is 6.48. The molecule has 2 rings (SSSR count). The van der Waals surface area contributed by atoms with Crippen molar-refractivity contribution in [3.8, 4) is 0 Å². The van der Waals surface area contributed by atoms with Gasteiger partial charge in [0.2, 0.25) is 0 Å². The third-order valence-corrected chi connectivity index (χ3v) is 4.10. The van der Waals surface area contributed by atoms with E-state index in [1.165, 1.54) is 32.1 Å². The Morgan fingerprint density at radius 1 is 1.33 bits per heavy atom. The maximum atomic E-state index is 6.12. The van der Waals surface area contributed by atoms with Crippen LogP contribution in [0.15, 0.2) is 12.3 Å². The summed E-state index contributed by atoms with van der Waals surface area (Å²) in [6.07, 6.45) is 8.01. The van der Waals surface area contributed by atoms with Crippen molar-refractivity contribution in [3.63, 3.8) is 0 Å². The molecule has 0 amide bonds. The van der Waals surface area contributed by atoms with Crippen molar-refractivity contribution in [2.75, 3.05) is 11.9 Å². The van der Waals surface area contributed by atoms with Gasteiger partial charge in [-0.25, -0.2) is 4.98 Å². The topological polar surface area (TPSA) is 50.9 Å². The van der Waals surface area contributed by atoms with Gasteiger partial charge in [0.1, 0.15) is 5.82 Å². The molecule has 18 heavy (non-hydrogen) atoms. The average molecular weight is 288 g/mol. The summed E-state index contributed by atoms with van der Waals surface area (Å²) in [5, 5.41) is 4.47.